The second-order valence-corrected chi connectivity index (χ2v) is 8.95. The molecular formula is C20H14N4O2S3. The number of aryl methyl sites for hydroxylation is 1. The molecule has 0 saturated carbocycles. The molecule has 0 radical (unpaired) electrons. The number of fused-ring (bicyclic) bond motifs is 1. The van der Waals surface area contributed by atoms with Crippen LogP contribution >= 0.6 is 34.4 Å². The summed E-state index contributed by atoms with van der Waals surface area (Å²) in [5.41, 5.74) is 1.64. The van der Waals surface area contributed by atoms with Gasteiger partial charge in [0.25, 0.3) is 5.56 Å². The van der Waals surface area contributed by atoms with Gasteiger partial charge in [0, 0.05) is 15.8 Å². The molecule has 1 aromatic carbocycles. The number of para-hydroxylation sites is 1. The maximum Gasteiger partial charge on any atom is 0.268 e. The van der Waals surface area contributed by atoms with Gasteiger partial charge >= 0.3 is 0 Å². The number of nitrogens with zero attached hydrogens (tertiary/aromatic N) is 4. The number of aromatic nitrogens is 4. The van der Waals surface area contributed by atoms with Gasteiger partial charge in [-0.3, -0.25) is 9.36 Å². The predicted octanol–water partition coefficient (Wildman–Crippen LogP) is 5.16. The Bertz CT molecular complexity index is 1340. The van der Waals surface area contributed by atoms with Crippen LogP contribution in [0.4, 0.5) is 0 Å². The van der Waals surface area contributed by atoms with Crippen LogP contribution in [0.15, 0.2) is 67.7 Å². The fourth-order valence-corrected chi connectivity index (χ4v) is 5.66. The first-order chi connectivity index (χ1) is 14.2. The number of thiophene rings is 2. The molecule has 6 nitrogen and oxygen atoms in total. The summed E-state index contributed by atoms with van der Waals surface area (Å²) in [6, 6.07) is 13.6. The van der Waals surface area contributed by atoms with Crippen molar-refractivity contribution in [2.24, 2.45) is 0 Å². The zero-order valence-corrected chi connectivity index (χ0v) is 17.7. The molecule has 0 N–H and O–H groups in total. The van der Waals surface area contributed by atoms with E-state index in [0.29, 0.717) is 28.0 Å². The van der Waals surface area contributed by atoms with Crippen LogP contribution in [0, 0.1) is 6.92 Å². The van der Waals surface area contributed by atoms with Crippen LogP contribution in [0.3, 0.4) is 0 Å². The first kappa shape index (κ1) is 18.3. The number of rotatable bonds is 5. The first-order valence-electron chi connectivity index (χ1n) is 8.76. The fourth-order valence-electron chi connectivity index (χ4n) is 3.01. The summed E-state index contributed by atoms with van der Waals surface area (Å²) >= 11 is 4.51. The lowest BCUT2D eigenvalue weighted by Gasteiger charge is -2.11. The predicted molar refractivity (Wildman–Crippen MR) is 117 cm³/mol. The third-order valence-electron chi connectivity index (χ3n) is 4.27. The standard InChI is InChI=1S/C20H14N4O2S3/c1-12-21-16(26-23-12)11-29-20-22-18-17(14(10-28-18)15-8-5-9-27-15)19(25)24(20)13-6-3-2-4-7-13/h2-10H,11H2,1H3. The van der Waals surface area contributed by atoms with Gasteiger partial charge in [0.05, 0.1) is 16.8 Å². The van der Waals surface area contributed by atoms with E-state index >= 15 is 0 Å². The number of hydrogen-bond donors (Lipinski definition) is 0. The molecule has 9 heteroatoms. The minimum atomic E-state index is -0.0740. The molecule has 0 bridgehead atoms. The van der Waals surface area contributed by atoms with Crippen molar-refractivity contribution in [3.05, 3.63) is 75.3 Å². The van der Waals surface area contributed by atoms with E-state index in [1.54, 1.807) is 22.8 Å². The van der Waals surface area contributed by atoms with E-state index in [0.717, 1.165) is 21.0 Å². The van der Waals surface area contributed by atoms with Crippen molar-refractivity contribution >= 4 is 44.7 Å². The van der Waals surface area contributed by atoms with Crippen LogP contribution in [0.1, 0.15) is 11.7 Å². The van der Waals surface area contributed by atoms with Gasteiger partial charge in [-0.2, -0.15) is 4.98 Å². The molecule has 0 unspecified atom stereocenters. The average molecular weight is 439 g/mol. The van der Waals surface area contributed by atoms with Crippen LogP contribution in [0.2, 0.25) is 0 Å². The highest BCUT2D eigenvalue weighted by molar-refractivity contribution is 7.98. The van der Waals surface area contributed by atoms with Gasteiger partial charge in [0.15, 0.2) is 11.0 Å². The molecule has 4 heterocycles. The van der Waals surface area contributed by atoms with Crippen LogP contribution < -0.4 is 5.56 Å². The van der Waals surface area contributed by atoms with Crippen molar-refractivity contribution in [1.82, 2.24) is 19.7 Å². The van der Waals surface area contributed by atoms with E-state index in [4.69, 9.17) is 9.51 Å². The quantitative estimate of drug-likeness (QED) is 0.279. The van der Waals surface area contributed by atoms with E-state index in [2.05, 4.69) is 10.1 Å². The van der Waals surface area contributed by atoms with Crippen LogP contribution in [-0.4, -0.2) is 19.7 Å². The Morgan fingerprint density at radius 1 is 1.10 bits per heavy atom. The molecule has 0 aliphatic heterocycles. The minimum Gasteiger partial charge on any atom is -0.338 e. The third-order valence-corrected chi connectivity index (χ3v) is 6.97. The highest BCUT2D eigenvalue weighted by atomic mass is 32.2. The highest BCUT2D eigenvalue weighted by Crippen LogP contribution is 2.35. The molecule has 0 saturated heterocycles. The summed E-state index contributed by atoms with van der Waals surface area (Å²) in [6.07, 6.45) is 0. The first-order valence-corrected chi connectivity index (χ1v) is 11.5. The van der Waals surface area contributed by atoms with Crippen LogP contribution in [-0.2, 0) is 5.75 Å². The smallest absolute Gasteiger partial charge is 0.268 e. The Kier molecular flexibility index (Phi) is 4.78. The topological polar surface area (TPSA) is 73.8 Å². The van der Waals surface area contributed by atoms with E-state index in [1.807, 2.05) is 53.2 Å². The normalized spacial score (nSPS) is 11.3. The van der Waals surface area contributed by atoms with E-state index in [1.165, 1.54) is 23.1 Å². The molecule has 29 heavy (non-hydrogen) atoms. The minimum absolute atomic E-state index is 0.0740. The molecule has 0 aliphatic rings. The molecular weight excluding hydrogens is 424 g/mol. The lowest BCUT2D eigenvalue weighted by atomic mass is 10.2. The second kappa shape index (κ2) is 7.58. The van der Waals surface area contributed by atoms with Gasteiger partial charge in [0.1, 0.15) is 4.83 Å². The molecule has 5 aromatic rings. The Labute approximate surface area is 177 Å². The molecule has 4 aromatic heterocycles. The van der Waals surface area contributed by atoms with Crippen molar-refractivity contribution < 1.29 is 4.52 Å². The summed E-state index contributed by atoms with van der Waals surface area (Å²) in [6.45, 7) is 1.78. The van der Waals surface area contributed by atoms with Gasteiger partial charge in [0.2, 0.25) is 5.89 Å². The summed E-state index contributed by atoms with van der Waals surface area (Å²) < 4.78 is 6.88. The van der Waals surface area contributed by atoms with Gasteiger partial charge in [-0.15, -0.1) is 22.7 Å². The Hall–Kier alpha value is -2.75. The van der Waals surface area contributed by atoms with Crippen LogP contribution in [0.25, 0.3) is 26.3 Å². The zero-order valence-electron chi connectivity index (χ0n) is 15.2. The van der Waals surface area contributed by atoms with Crippen molar-refractivity contribution in [2.75, 3.05) is 0 Å². The van der Waals surface area contributed by atoms with Crippen molar-refractivity contribution in [1.29, 1.82) is 0 Å². The van der Waals surface area contributed by atoms with Gasteiger partial charge in [-0.25, -0.2) is 4.98 Å². The third kappa shape index (κ3) is 3.41. The molecule has 0 spiro atoms. The Balaban J connectivity index is 1.68. The second-order valence-electron chi connectivity index (χ2n) is 6.20. The Morgan fingerprint density at radius 2 is 1.97 bits per heavy atom. The van der Waals surface area contributed by atoms with E-state index in [-0.39, 0.29) is 5.56 Å². The van der Waals surface area contributed by atoms with E-state index < -0.39 is 0 Å². The summed E-state index contributed by atoms with van der Waals surface area (Å²) in [5, 5.41) is 9.10. The summed E-state index contributed by atoms with van der Waals surface area (Å²) in [4.78, 5) is 24.5. The van der Waals surface area contributed by atoms with Gasteiger partial charge < -0.3 is 4.52 Å². The van der Waals surface area contributed by atoms with Gasteiger partial charge in [-0.1, -0.05) is 41.2 Å². The molecule has 5 rings (SSSR count). The average Bonchev–Trinajstić information content (AvgIpc) is 3.47. The van der Waals surface area contributed by atoms with Crippen LogP contribution in [0.5, 0.6) is 0 Å². The van der Waals surface area contributed by atoms with Gasteiger partial charge in [-0.05, 0) is 30.5 Å². The number of hydrogen-bond acceptors (Lipinski definition) is 8. The summed E-state index contributed by atoms with van der Waals surface area (Å²) in [7, 11) is 0. The maximum absolute atomic E-state index is 13.6. The molecule has 0 aliphatic carbocycles. The van der Waals surface area contributed by atoms with E-state index in [9.17, 15) is 4.79 Å². The molecule has 0 fully saturated rings. The summed E-state index contributed by atoms with van der Waals surface area (Å²) in [5.74, 6) is 1.53. The van der Waals surface area contributed by atoms with Crippen molar-refractivity contribution in [3.63, 3.8) is 0 Å². The number of benzene rings is 1. The lowest BCUT2D eigenvalue weighted by molar-refractivity contribution is 0.387. The fraction of sp³-hybridized carbons (Fsp3) is 0.100. The zero-order chi connectivity index (χ0) is 19.8. The molecule has 0 atom stereocenters. The SMILES string of the molecule is Cc1noc(CSc2nc3scc(-c4cccs4)c3c(=O)n2-c2ccccc2)n1. The van der Waals surface area contributed by atoms with Crippen molar-refractivity contribution in [3.8, 4) is 16.1 Å². The lowest BCUT2D eigenvalue weighted by Crippen LogP contribution is -2.21. The van der Waals surface area contributed by atoms with Crippen molar-refractivity contribution in [2.45, 2.75) is 17.8 Å². The monoisotopic (exact) mass is 438 g/mol. The number of thioether (sulfide) groups is 1. The largest absolute Gasteiger partial charge is 0.338 e. The Morgan fingerprint density at radius 3 is 2.69 bits per heavy atom. The molecule has 0 amide bonds. The highest BCUT2D eigenvalue weighted by Gasteiger charge is 2.19. The maximum atomic E-state index is 13.6. The molecule has 144 valence electrons.